The number of methoxy groups -OCH3 is 1. The Morgan fingerprint density at radius 3 is 2.54 bits per heavy atom. The second-order valence-corrected chi connectivity index (χ2v) is 5.54. The predicted octanol–water partition coefficient (Wildman–Crippen LogP) is 3.93. The number of carbonyl (C=O) groups excluding carboxylic acids is 1. The van der Waals surface area contributed by atoms with E-state index in [1.807, 2.05) is 12.1 Å². The second kappa shape index (κ2) is 7.19. The van der Waals surface area contributed by atoms with Crippen molar-refractivity contribution < 1.29 is 14.1 Å². The fourth-order valence-corrected chi connectivity index (χ4v) is 2.29. The van der Waals surface area contributed by atoms with Gasteiger partial charge in [-0.1, -0.05) is 16.8 Å². The molecule has 3 aromatic rings. The van der Waals surface area contributed by atoms with Crippen LogP contribution in [0.1, 0.15) is 16.1 Å². The largest absolute Gasteiger partial charge is 0.497 e. The van der Waals surface area contributed by atoms with E-state index in [0.717, 1.165) is 5.56 Å². The minimum atomic E-state index is -0.186. The highest BCUT2D eigenvalue weighted by molar-refractivity contribution is 6.30. The summed E-state index contributed by atoms with van der Waals surface area (Å²) in [6, 6.07) is 15.9. The van der Waals surface area contributed by atoms with Gasteiger partial charge in [-0.2, -0.15) is 0 Å². The Hall–Kier alpha value is -2.79. The highest BCUT2D eigenvalue weighted by Crippen LogP contribution is 2.22. The lowest BCUT2D eigenvalue weighted by molar-refractivity contribution is 0.0950. The number of nitrogens with one attached hydrogen (secondary N) is 1. The van der Waals surface area contributed by atoms with E-state index in [1.54, 1.807) is 49.6 Å². The number of amides is 1. The Morgan fingerprint density at radius 2 is 1.88 bits per heavy atom. The van der Waals surface area contributed by atoms with Crippen LogP contribution in [0.2, 0.25) is 5.02 Å². The Balaban J connectivity index is 1.62. The van der Waals surface area contributed by atoms with E-state index in [-0.39, 0.29) is 12.5 Å². The number of hydrogen-bond acceptors (Lipinski definition) is 4. The Labute approximate surface area is 144 Å². The average molecular weight is 343 g/mol. The van der Waals surface area contributed by atoms with Gasteiger partial charge in [0.25, 0.3) is 5.91 Å². The molecule has 0 radical (unpaired) electrons. The summed E-state index contributed by atoms with van der Waals surface area (Å²) >= 11 is 5.86. The zero-order chi connectivity index (χ0) is 16.9. The van der Waals surface area contributed by atoms with Crippen LogP contribution in [0.15, 0.2) is 59.1 Å². The summed E-state index contributed by atoms with van der Waals surface area (Å²) < 4.78 is 10.4. The molecule has 0 unspecified atom stereocenters. The zero-order valence-electron chi connectivity index (χ0n) is 13.0. The molecule has 1 N–H and O–H groups in total. The van der Waals surface area contributed by atoms with Crippen molar-refractivity contribution in [1.29, 1.82) is 0 Å². The fraction of sp³-hybridized carbons (Fsp3) is 0.111. The summed E-state index contributed by atoms with van der Waals surface area (Å²) in [7, 11) is 1.58. The van der Waals surface area contributed by atoms with E-state index in [9.17, 15) is 4.79 Å². The third-order valence-electron chi connectivity index (χ3n) is 3.47. The molecular weight excluding hydrogens is 328 g/mol. The summed E-state index contributed by atoms with van der Waals surface area (Å²) in [5.41, 5.74) is 2.07. The van der Waals surface area contributed by atoms with Crippen molar-refractivity contribution >= 4 is 17.5 Å². The van der Waals surface area contributed by atoms with Crippen molar-refractivity contribution in [3.63, 3.8) is 0 Å². The minimum absolute atomic E-state index is 0.186. The number of halogens is 1. The molecule has 24 heavy (non-hydrogen) atoms. The number of hydrogen-bond donors (Lipinski definition) is 1. The van der Waals surface area contributed by atoms with Crippen LogP contribution in [0.25, 0.3) is 11.3 Å². The molecule has 3 rings (SSSR count). The van der Waals surface area contributed by atoms with Crippen molar-refractivity contribution in [1.82, 2.24) is 10.5 Å². The molecule has 2 aromatic carbocycles. The molecule has 0 aliphatic heterocycles. The molecule has 0 aliphatic carbocycles. The topological polar surface area (TPSA) is 64.4 Å². The van der Waals surface area contributed by atoms with Gasteiger partial charge in [0.05, 0.1) is 13.7 Å². The summed E-state index contributed by atoms with van der Waals surface area (Å²) in [4.78, 5) is 12.1. The summed E-state index contributed by atoms with van der Waals surface area (Å²) in [6.45, 7) is 0.280. The lowest BCUT2D eigenvalue weighted by Crippen LogP contribution is -2.22. The standard InChI is InChI=1S/C18H15ClN2O3/c1-23-16-8-4-13(5-9-16)18(22)20-11-15-10-17(24-21-15)12-2-6-14(19)7-3-12/h2-10H,11H2,1H3,(H,20,22). The summed E-state index contributed by atoms with van der Waals surface area (Å²) in [5, 5.41) is 7.43. The molecule has 0 saturated carbocycles. The molecular formula is C18H15ClN2O3. The molecule has 1 heterocycles. The molecule has 0 aliphatic rings. The van der Waals surface area contributed by atoms with E-state index in [2.05, 4.69) is 10.5 Å². The third-order valence-corrected chi connectivity index (χ3v) is 3.72. The molecule has 1 aromatic heterocycles. The van der Waals surface area contributed by atoms with Gasteiger partial charge in [-0.05, 0) is 48.5 Å². The maximum atomic E-state index is 12.1. The molecule has 0 spiro atoms. The van der Waals surface area contributed by atoms with Crippen LogP contribution in [-0.2, 0) is 6.54 Å². The smallest absolute Gasteiger partial charge is 0.251 e. The average Bonchev–Trinajstić information content (AvgIpc) is 3.09. The first-order valence-corrected chi connectivity index (χ1v) is 7.67. The first-order chi connectivity index (χ1) is 11.7. The second-order valence-electron chi connectivity index (χ2n) is 5.10. The maximum absolute atomic E-state index is 12.1. The quantitative estimate of drug-likeness (QED) is 0.763. The van der Waals surface area contributed by atoms with Gasteiger partial charge in [0.2, 0.25) is 0 Å². The van der Waals surface area contributed by atoms with Gasteiger partial charge in [-0.3, -0.25) is 4.79 Å². The van der Waals surface area contributed by atoms with Gasteiger partial charge < -0.3 is 14.6 Å². The van der Waals surface area contributed by atoms with Crippen molar-refractivity contribution in [2.75, 3.05) is 7.11 Å². The number of ether oxygens (including phenoxy) is 1. The maximum Gasteiger partial charge on any atom is 0.251 e. The number of carbonyl (C=O) groups is 1. The SMILES string of the molecule is COc1ccc(C(=O)NCc2cc(-c3ccc(Cl)cc3)on2)cc1. The monoisotopic (exact) mass is 342 g/mol. The molecule has 122 valence electrons. The lowest BCUT2D eigenvalue weighted by Gasteiger charge is -2.04. The van der Waals surface area contributed by atoms with Crippen LogP contribution >= 0.6 is 11.6 Å². The van der Waals surface area contributed by atoms with Crippen molar-refractivity contribution in [3.05, 3.63) is 70.9 Å². The van der Waals surface area contributed by atoms with E-state index in [4.69, 9.17) is 20.9 Å². The first kappa shape index (κ1) is 16.1. The number of rotatable bonds is 5. The van der Waals surface area contributed by atoms with Crippen molar-refractivity contribution in [3.8, 4) is 17.1 Å². The molecule has 0 atom stereocenters. The van der Waals surface area contributed by atoms with Gasteiger partial charge in [-0.25, -0.2) is 0 Å². The van der Waals surface area contributed by atoms with Crippen molar-refractivity contribution in [2.24, 2.45) is 0 Å². The summed E-state index contributed by atoms with van der Waals surface area (Å²) in [6.07, 6.45) is 0. The minimum Gasteiger partial charge on any atom is -0.497 e. The van der Waals surface area contributed by atoms with Gasteiger partial charge in [0, 0.05) is 22.2 Å². The molecule has 0 saturated heterocycles. The van der Waals surface area contributed by atoms with Crippen molar-refractivity contribution in [2.45, 2.75) is 6.54 Å². The number of nitrogens with zero attached hydrogens (tertiary/aromatic N) is 1. The third kappa shape index (κ3) is 3.75. The van der Waals surface area contributed by atoms with Crippen LogP contribution < -0.4 is 10.1 Å². The Kier molecular flexibility index (Phi) is 4.82. The number of benzene rings is 2. The van der Waals surface area contributed by atoms with E-state index in [1.165, 1.54) is 0 Å². The molecule has 5 nitrogen and oxygen atoms in total. The van der Waals surface area contributed by atoms with E-state index < -0.39 is 0 Å². The molecule has 1 amide bonds. The number of aromatic nitrogens is 1. The van der Waals surface area contributed by atoms with Crippen LogP contribution in [0, 0.1) is 0 Å². The molecule has 0 fully saturated rings. The summed E-state index contributed by atoms with van der Waals surface area (Å²) in [5.74, 6) is 1.14. The highest BCUT2D eigenvalue weighted by Gasteiger charge is 2.09. The van der Waals surface area contributed by atoms with E-state index in [0.29, 0.717) is 27.8 Å². The van der Waals surface area contributed by atoms with Crippen LogP contribution in [0.3, 0.4) is 0 Å². The Morgan fingerprint density at radius 1 is 1.17 bits per heavy atom. The van der Waals surface area contributed by atoms with E-state index >= 15 is 0 Å². The highest BCUT2D eigenvalue weighted by atomic mass is 35.5. The van der Waals surface area contributed by atoms with Gasteiger partial charge >= 0.3 is 0 Å². The van der Waals surface area contributed by atoms with Crippen LogP contribution in [0.4, 0.5) is 0 Å². The molecule has 6 heteroatoms. The van der Waals surface area contributed by atoms with Gasteiger partial charge in [0.15, 0.2) is 5.76 Å². The first-order valence-electron chi connectivity index (χ1n) is 7.29. The Bertz CT molecular complexity index is 826. The van der Waals surface area contributed by atoms with Crippen LogP contribution in [-0.4, -0.2) is 18.2 Å². The fourth-order valence-electron chi connectivity index (χ4n) is 2.16. The predicted molar refractivity (Wildman–Crippen MR) is 91.1 cm³/mol. The zero-order valence-corrected chi connectivity index (χ0v) is 13.7. The van der Waals surface area contributed by atoms with Gasteiger partial charge in [-0.15, -0.1) is 0 Å². The molecule has 0 bridgehead atoms. The van der Waals surface area contributed by atoms with Gasteiger partial charge in [0.1, 0.15) is 11.4 Å². The van der Waals surface area contributed by atoms with Crippen LogP contribution in [0.5, 0.6) is 5.75 Å². The normalized spacial score (nSPS) is 10.4. The lowest BCUT2D eigenvalue weighted by atomic mass is 10.1.